The first-order chi connectivity index (χ1) is 17.7. The Hall–Kier alpha value is -2.22. The van der Waals surface area contributed by atoms with Gasteiger partial charge in [-0.15, -0.1) is 0 Å². The van der Waals surface area contributed by atoms with Crippen molar-refractivity contribution in [3.63, 3.8) is 0 Å². The van der Waals surface area contributed by atoms with Crippen molar-refractivity contribution in [2.75, 3.05) is 0 Å². The first-order valence-electron chi connectivity index (χ1n) is 14.9. The van der Waals surface area contributed by atoms with E-state index in [4.69, 9.17) is 0 Å². The molecular weight excluding hydrogens is 452 g/mol. The van der Waals surface area contributed by atoms with Crippen molar-refractivity contribution in [3.8, 4) is 11.1 Å². The van der Waals surface area contributed by atoms with Crippen molar-refractivity contribution in [3.05, 3.63) is 58.7 Å². The molecule has 0 aliphatic heterocycles. The Morgan fingerprint density at radius 2 is 1.00 bits per heavy atom. The molecule has 0 radical (unpaired) electrons. The summed E-state index contributed by atoms with van der Waals surface area (Å²) in [6, 6.07) is 12.5. The van der Waals surface area contributed by atoms with Crippen molar-refractivity contribution in [2.45, 2.75) is 111 Å². The van der Waals surface area contributed by atoms with E-state index in [9.17, 15) is 9.59 Å². The first-order valence-corrected chi connectivity index (χ1v) is 14.9. The molecule has 0 fully saturated rings. The van der Waals surface area contributed by atoms with E-state index in [1.165, 1.54) is 60.8 Å². The Balaban J connectivity index is 1.95. The van der Waals surface area contributed by atoms with Crippen LogP contribution < -0.4 is 0 Å². The Bertz CT molecular complexity index is 948. The van der Waals surface area contributed by atoms with Gasteiger partial charge in [0.2, 0.25) is 0 Å². The van der Waals surface area contributed by atoms with Gasteiger partial charge in [0.25, 0.3) is 0 Å². The lowest BCUT2D eigenvalue weighted by molar-refractivity contribution is 0.111. The third-order valence-corrected chi connectivity index (χ3v) is 8.77. The Kier molecular flexibility index (Phi) is 10.7. The maximum absolute atomic E-state index is 11.8. The standard InChI is InChI=1S/C35H50O2/c1-25(2)9-7-11-27(5)17-19-35(20-18-28(6)12-8-10-26(3)4)33-21-29(23-36)13-15-31(33)32-16-14-30(24-37)22-34(32)35/h13-16,21-28H,7-12,17-20H2,1-6H3. The highest BCUT2D eigenvalue weighted by atomic mass is 16.1. The predicted molar refractivity (Wildman–Crippen MR) is 158 cm³/mol. The number of hydrogen-bond acceptors (Lipinski definition) is 2. The molecule has 0 saturated carbocycles. The van der Waals surface area contributed by atoms with Gasteiger partial charge in [-0.1, -0.05) is 104 Å². The molecular formula is C35H50O2. The number of aldehydes is 2. The summed E-state index contributed by atoms with van der Waals surface area (Å²) in [5, 5.41) is 0. The summed E-state index contributed by atoms with van der Waals surface area (Å²) >= 11 is 0. The van der Waals surface area contributed by atoms with E-state index in [-0.39, 0.29) is 5.41 Å². The van der Waals surface area contributed by atoms with Crippen molar-refractivity contribution < 1.29 is 9.59 Å². The molecule has 2 heteroatoms. The highest BCUT2D eigenvalue weighted by Crippen LogP contribution is 2.55. The van der Waals surface area contributed by atoms with Gasteiger partial charge in [0.15, 0.2) is 0 Å². The van der Waals surface area contributed by atoms with E-state index in [0.717, 1.165) is 61.2 Å². The molecule has 2 aromatic rings. The minimum Gasteiger partial charge on any atom is -0.298 e. The molecule has 2 unspecified atom stereocenters. The zero-order chi connectivity index (χ0) is 27.0. The SMILES string of the molecule is CC(C)CCCC(C)CCC1(CCC(C)CCCC(C)C)c2cc(C=O)ccc2-c2ccc(C=O)cc21. The molecule has 2 nitrogen and oxygen atoms in total. The molecule has 202 valence electrons. The van der Waals surface area contributed by atoms with Gasteiger partial charge < -0.3 is 0 Å². The van der Waals surface area contributed by atoms with Crippen LogP contribution in [-0.2, 0) is 5.41 Å². The van der Waals surface area contributed by atoms with Crippen LogP contribution in [0.15, 0.2) is 36.4 Å². The van der Waals surface area contributed by atoms with Crippen LogP contribution in [0.4, 0.5) is 0 Å². The average Bonchev–Trinajstić information content (AvgIpc) is 3.14. The normalized spacial score (nSPS) is 15.5. The molecule has 0 saturated heterocycles. The van der Waals surface area contributed by atoms with Gasteiger partial charge in [-0.3, -0.25) is 9.59 Å². The lowest BCUT2D eigenvalue weighted by Gasteiger charge is -2.35. The number of fused-ring (bicyclic) bond motifs is 3. The van der Waals surface area contributed by atoms with Crippen LogP contribution in [-0.4, -0.2) is 12.6 Å². The molecule has 0 N–H and O–H groups in total. The molecule has 0 aromatic heterocycles. The van der Waals surface area contributed by atoms with Gasteiger partial charge in [-0.05, 0) is 83.7 Å². The molecule has 3 rings (SSSR count). The summed E-state index contributed by atoms with van der Waals surface area (Å²) in [6.07, 6.45) is 14.1. The lowest BCUT2D eigenvalue weighted by Crippen LogP contribution is -2.27. The fourth-order valence-electron chi connectivity index (χ4n) is 6.36. The first kappa shape index (κ1) is 29.3. The van der Waals surface area contributed by atoms with E-state index in [2.05, 4.69) is 65.8 Å². The minimum atomic E-state index is -0.138. The molecule has 1 aliphatic carbocycles. The zero-order valence-corrected chi connectivity index (χ0v) is 24.3. The van der Waals surface area contributed by atoms with Crippen LogP contribution in [0.5, 0.6) is 0 Å². The Labute approximate surface area is 226 Å². The average molecular weight is 503 g/mol. The Morgan fingerprint density at radius 1 is 0.595 bits per heavy atom. The second-order valence-electron chi connectivity index (χ2n) is 12.9. The van der Waals surface area contributed by atoms with Crippen LogP contribution in [0.25, 0.3) is 11.1 Å². The summed E-state index contributed by atoms with van der Waals surface area (Å²) < 4.78 is 0. The summed E-state index contributed by atoms with van der Waals surface area (Å²) in [6.45, 7) is 14.0. The summed E-state index contributed by atoms with van der Waals surface area (Å²) in [5.41, 5.74) is 6.47. The smallest absolute Gasteiger partial charge is 0.150 e. The van der Waals surface area contributed by atoms with Gasteiger partial charge in [-0.25, -0.2) is 0 Å². The summed E-state index contributed by atoms with van der Waals surface area (Å²) in [4.78, 5) is 23.6. The van der Waals surface area contributed by atoms with Crippen molar-refractivity contribution in [1.82, 2.24) is 0 Å². The molecule has 2 aromatic carbocycles. The summed E-state index contributed by atoms with van der Waals surface area (Å²) in [7, 11) is 0. The van der Waals surface area contributed by atoms with E-state index in [1.807, 2.05) is 12.1 Å². The van der Waals surface area contributed by atoms with E-state index >= 15 is 0 Å². The molecule has 0 heterocycles. The number of hydrogen-bond donors (Lipinski definition) is 0. The monoisotopic (exact) mass is 502 g/mol. The van der Waals surface area contributed by atoms with Crippen LogP contribution in [0.3, 0.4) is 0 Å². The van der Waals surface area contributed by atoms with Gasteiger partial charge in [0, 0.05) is 16.5 Å². The second kappa shape index (κ2) is 13.5. The predicted octanol–water partition coefficient (Wildman–Crippen LogP) is 10.1. The third kappa shape index (κ3) is 7.43. The molecule has 37 heavy (non-hydrogen) atoms. The van der Waals surface area contributed by atoms with Crippen LogP contribution in [0.2, 0.25) is 0 Å². The number of carbonyl (C=O) groups is 2. The van der Waals surface area contributed by atoms with Crippen molar-refractivity contribution in [2.24, 2.45) is 23.7 Å². The third-order valence-electron chi connectivity index (χ3n) is 8.77. The van der Waals surface area contributed by atoms with E-state index < -0.39 is 0 Å². The maximum Gasteiger partial charge on any atom is 0.150 e. The van der Waals surface area contributed by atoms with E-state index in [0.29, 0.717) is 11.8 Å². The Morgan fingerprint density at radius 3 is 1.35 bits per heavy atom. The summed E-state index contributed by atoms with van der Waals surface area (Å²) in [5.74, 6) is 2.84. The lowest BCUT2D eigenvalue weighted by atomic mass is 9.68. The van der Waals surface area contributed by atoms with Crippen molar-refractivity contribution >= 4 is 12.6 Å². The largest absolute Gasteiger partial charge is 0.298 e. The minimum absolute atomic E-state index is 0.138. The van der Waals surface area contributed by atoms with Gasteiger partial charge >= 0.3 is 0 Å². The topological polar surface area (TPSA) is 34.1 Å². The molecule has 0 amide bonds. The van der Waals surface area contributed by atoms with E-state index in [1.54, 1.807) is 0 Å². The quantitative estimate of drug-likeness (QED) is 0.214. The zero-order valence-electron chi connectivity index (χ0n) is 24.3. The molecule has 0 spiro atoms. The van der Waals surface area contributed by atoms with Gasteiger partial charge in [-0.2, -0.15) is 0 Å². The number of benzene rings is 2. The van der Waals surface area contributed by atoms with Crippen LogP contribution in [0.1, 0.15) is 138 Å². The number of carbonyl (C=O) groups excluding carboxylic acids is 2. The molecule has 2 atom stereocenters. The van der Waals surface area contributed by atoms with Crippen LogP contribution >= 0.6 is 0 Å². The highest BCUT2D eigenvalue weighted by Gasteiger charge is 2.43. The van der Waals surface area contributed by atoms with Crippen LogP contribution in [0, 0.1) is 23.7 Å². The molecule has 0 bridgehead atoms. The van der Waals surface area contributed by atoms with Gasteiger partial charge in [0.05, 0.1) is 0 Å². The maximum atomic E-state index is 11.8. The highest BCUT2D eigenvalue weighted by molar-refractivity contribution is 5.87. The van der Waals surface area contributed by atoms with Crippen molar-refractivity contribution in [1.29, 1.82) is 0 Å². The number of rotatable bonds is 16. The fourth-order valence-corrected chi connectivity index (χ4v) is 6.36. The molecule has 1 aliphatic rings. The second-order valence-corrected chi connectivity index (χ2v) is 12.9. The van der Waals surface area contributed by atoms with Gasteiger partial charge in [0.1, 0.15) is 12.6 Å². The fraction of sp³-hybridized carbons (Fsp3) is 0.600.